The SMILES string of the molecule is CC(CCCc1ccc(CCCCNC(=O)OCc2ccccc2)cc1)N[C@@H](C)[C@H](O)c1ccccc1. The molecule has 0 heterocycles. The number of carbonyl (C=O) groups is 1. The average Bonchev–Trinajstić information content (AvgIpc) is 2.93. The fourth-order valence-corrected chi connectivity index (χ4v) is 4.47. The summed E-state index contributed by atoms with van der Waals surface area (Å²) in [5, 5.41) is 16.9. The first-order valence-corrected chi connectivity index (χ1v) is 13.5. The Morgan fingerprint density at radius 3 is 2.03 bits per heavy atom. The smallest absolute Gasteiger partial charge is 0.407 e. The molecule has 0 aliphatic heterocycles. The summed E-state index contributed by atoms with van der Waals surface area (Å²) in [7, 11) is 0. The zero-order valence-electron chi connectivity index (χ0n) is 22.2. The fourth-order valence-electron chi connectivity index (χ4n) is 4.47. The van der Waals surface area contributed by atoms with Crippen LogP contribution in [0.15, 0.2) is 84.9 Å². The van der Waals surface area contributed by atoms with Crippen LogP contribution in [0, 0.1) is 0 Å². The average molecular weight is 503 g/mol. The second-order valence-corrected chi connectivity index (χ2v) is 9.87. The second-order valence-electron chi connectivity index (χ2n) is 9.87. The minimum absolute atomic E-state index is 0.00631. The maximum absolute atomic E-state index is 11.8. The Balaban J connectivity index is 1.24. The summed E-state index contributed by atoms with van der Waals surface area (Å²) in [5.74, 6) is 0. The van der Waals surface area contributed by atoms with Crippen molar-refractivity contribution in [2.45, 2.75) is 77.2 Å². The van der Waals surface area contributed by atoms with Crippen LogP contribution < -0.4 is 10.6 Å². The summed E-state index contributed by atoms with van der Waals surface area (Å²) in [6.45, 7) is 5.15. The van der Waals surface area contributed by atoms with Crippen molar-refractivity contribution in [3.63, 3.8) is 0 Å². The number of aliphatic hydroxyl groups is 1. The van der Waals surface area contributed by atoms with Gasteiger partial charge in [-0.1, -0.05) is 84.9 Å². The van der Waals surface area contributed by atoms with Crippen LogP contribution in [0.1, 0.15) is 67.9 Å². The highest BCUT2D eigenvalue weighted by Crippen LogP contribution is 2.17. The van der Waals surface area contributed by atoms with Crippen molar-refractivity contribution in [3.05, 3.63) is 107 Å². The second kappa shape index (κ2) is 15.9. The summed E-state index contributed by atoms with van der Waals surface area (Å²) in [4.78, 5) is 11.8. The van der Waals surface area contributed by atoms with Crippen molar-refractivity contribution in [3.8, 4) is 0 Å². The first-order valence-electron chi connectivity index (χ1n) is 13.5. The summed E-state index contributed by atoms with van der Waals surface area (Å²) >= 11 is 0. The van der Waals surface area contributed by atoms with Crippen molar-refractivity contribution < 1.29 is 14.6 Å². The van der Waals surface area contributed by atoms with Crippen LogP contribution in [0.25, 0.3) is 0 Å². The molecule has 0 aliphatic rings. The van der Waals surface area contributed by atoms with Gasteiger partial charge < -0.3 is 20.5 Å². The number of hydrogen-bond donors (Lipinski definition) is 3. The van der Waals surface area contributed by atoms with Gasteiger partial charge in [0.25, 0.3) is 0 Å². The lowest BCUT2D eigenvalue weighted by Gasteiger charge is -2.24. The minimum Gasteiger partial charge on any atom is -0.445 e. The van der Waals surface area contributed by atoms with Crippen LogP contribution >= 0.6 is 0 Å². The van der Waals surface area contributed by atoms with Gasteiger partial charge in [0.05, 0.1) is 6.10 Å². The number of hydrogen-bond acceptors (Lipinski definition) is 4. The van der Waals surface area contributed by atoms with Crippen LogP contribution in [0.2, 0.25) is 0 Å². The van der Waals surface area contributed by atoms with Gasteiger partial charge in [-0.2, -0.15) is 0 Å². The molecule has 5 heteroatoms. The van der Waals surface area contributed by atoms with Gasteiger partial charge in [0.2, 0.25) is 0 Å². The third-order valence-corrected chi connectivity index (χ3v) is 6.66. The van der Waals surface area contributed by atoms with Crippen molar-refractivity contribution >= 4 is 6.09 Å². The molecule has 0 aromatic heterocycles. The lowest BCUT2D eigenvalue weighted by atomic mass is 10.0. The Morgan fingerprint density at radius 1 is 0.784 bits per heavy atom. The highest BCUT2D eigenvalue weighted by Gasteiger charge is 2.17. The molecule has 3 atom stereocenters. The van der Waals surface area contributed by atoms with Gasteiger partial charge in [0.15, 0.2) is 0 Å². The first-order chi connectivity index (χ1) is 18.0. The summed E-state index contributed by atoms with van der Waals surface area (Å²) in [5.41, 5.74) is 4.62. The topological polar surface area (TPSA) is 70.6 Å². The molecule has 3 aromatic carbocycles. The van der Waals surface area contributed by atoms with E-state index < -0.39 is 6.10 Å². The van der Waals surface area contributed by atoms with Crippen molar-refractivity contribution in [2.75, 3.05) is 6.54 Å². The van der Waals surface area contributed by atoms with Crippen LogP contribution in [0.4, 0.5) is 4.79 Å². The van der Waals surface area contributed by atoms with Crippen LogP contribution in [-0.4, -0.2) is 29.8 Å². The van der Waals surface area contributed by atoms with Crippen LogP contribution in [-0.2, 0) is 24.2 Å². The summed E-state index contributed by atoms with van der Waals surface area (Å²) in [6.07, 6.45) is 5.31. The van der Waals surface area contributed by atoms with Gasteiger partial charge in [-0.25, -0.2) is 4.79 Å². The first kappa shape index (κ1) is 28.4. The molecule has 0 aliphatic carbocycles. The summed E-state index contributed by atoms with van der Waals surface area (Å²) in [6, 6.07) is 28.8. The number of alkyl carbamates (subject to hydrolysis) is 1. The maximum atomic E-state index is 11.8. The van der Waals surface area contributed by atoms with Gasteiger partial charge in [0.1, 0.15) is 6.61 Å². The van der Waals surface area contributed by atoms with Crippen LogP contribution in [0.5, 0.6) is 0 Å². The van der Waals surface area contributed by atoms with Crippen molar-refractivity contribution in [1.82, 2.24) is 10.6 Å². The molecule has 37 heavy (non-hydrogen) atoms. The molecule has 1 amide bonds. The van der Waals surface area contributed by atoms with E-state index in [0.29, 0.717) is 19.2 Å². The lowest BCUT2D eigenvalue weighted by molar-refractivity contribution is 0.129. The number of nitrogens with one attached hydrogen (secondary N) is 2. The molecule has 3 N–H and O–H groups in total. The van der Waals surface area contributed by atoms with E-state index in [4.69, 9.17) is 4.74 Å². The van der Waals surface area contributed by atoms with Crippen LogP contribution in [0.3, 0.4) is 0 Å². The van der Waals surface area contributed by atoms with E-state index in [9.17, 15) is 9.90 Å². The third-order valence-electron chi connectivity index (χ3n) is 6.66. The molecular weight excluding hydrogens is 460 g/mol. The van der Waals surface area contributed by atoms with Gasteiger partial charge >= 0.3 is 6.09 Å². The largest absolute Gasteiger partial charge is 0.445 e. The van der Waals surface area contributed by atoms with Gasteiger partial charge in [-0.15, -0.1) is 0 Å². The monoisotopic (exact) mass is 502 g/mol. The summed E-state index contributed by atoms with van der Waals surface area (Å²) < 4.78 is 5.24. The molecular formula is C32H42N2O3. The number of aryl methyl sites for hydroxylation is 2. The Kier molecular flexibility index (Phi) is 12.2. The standard InChI is InChI=1S/C32H42N2O3/c1-25(34-26(2)31(35)30-17-7-4-8-18-30)12-11-16-28-21-19-27(20-22-28)13-9-10-23-33-32(36)37-24-29-14-5-3-6-15-29/h3-8,14-15,17-22,25-26,31,34-35H,9-13,16,23-24H2,1-2H3,(H,33,36)/t25?,26-,31-/m0/s1. The van der Waals surface area contributed by atoms with E-state index in [0.717, 1.165) is 49.7 Å². The fraction of sp³-hybridized carbons (Fsp3) is 0.406. The van der Waals surface area contributed by atoms with E-state index in [-0.39, 0.29) is 12.1 Å². The third kappa shape index (κ3) is 10.8. The highest BCUT2D eigenvalue weighted by molar-refractivity contribution is 5.67. The Bertz CT molecular complexity index is 1020. The molecule has 0 saturated carbocycles. The van der Waals surface area contributed by atoms with Gasteiger partial charge in [-0.05, 0) is 74.6 Å². The number of amides is 1. The number of rotatable bonds is 15. The van der Waals surface area contributed by atoms with E-state index in [1.54, 1.807) is 0 Å². The predicted octanol–water partition coefficient (Wildman–Crippen LogP) is 6.36. The van der Waals surface area contributed by atoms with E-state index in [2.05, 4.69) is 41.8 Å². The number of unbranched alkanes of at least 4 members (excludes halogenated alkanes) is 1. The van der Waals surface area contributed by atoms with Gasteiger partial charge in [-0.3, -0.25) is 0 Å². The van der Waals surface area contributed by atoms with Crippen molar-refractivity contribution in [2.24, 2.45) is 0 Å². The maximum Gasteiger partial charge on any atom is 0.407 e. The van der Waals surface area contributed by atoms with E-state index >= 15 is 0 Å². The molecule has 0 spiro atoms. The molecule has 3 rings (SSSR count). The van der Waals surface area contributed by atoms with E-state index in [1.165, 1.54) is 11.1 Å². The number of ether oxygens (including phenoxy) is 1. The quantitative estimate of drug-likeness (QED) is 0.212. The Labute approximate surface area is 222 Å². The molecule has 198 valence electrons. The van der Waals surface area contributed by atoms with E-state index in [1.807, 2.05) is 67.6 Å². The zero-order valence-corrected chi connectivity index (χ0v) is 22.2. The van der Waals surface area contributed by atoms with Crippen molar-refractivity contribution in [1.29, 1.82) is 0 Å². The molecule has 0 bridgehead atoms. The predicted molar refractivity (Wildman–Crippen MR) is 150 cm³/mol. The molecule has 5 nitrogen and oxygen atoms in total. The minimum atomic E-state index is -0.500. The molecule has 0 radical (unpaired) electrons. The molecule has 0 fully saturated rings. The number of aliphatic hydroxyl groups excluding tert-OH is 1. The highest BCUT2D eigenvalue weighted by atomic mass is 16.5. The zero-order chi connectivity index (χ0) is 26.3. The number of benzene rings is 3. The Morgan fingerprint density at radius 2 is 1.38 bits per heavy atom. The van der Waals surface area contributed by atoms with Gasteiger partial charge in [0, 0.05) is 18.6 Å². The lowest BCUT2D eigenvalue weighted by Crippen LogP contribution is -2.38. The number of carbonyl (C=O) groups excluding carboxylic acids is 1. The molecule has 0 saturated heterocycles. The Hall–Kier alpha value is -3.15. The molecule has 3 aromatic rings. The normalized spacial score (nSPS) is 13.5. The molecule has 1 unspecified atom stereocenters.